The summed E-state index contributed by atoms with van der Waals surface area (Å²) < 4.78 is 11.6. The van der Waals surface area contributed by atoms with E-state index in [1.165, 1.54) is 11.1 Å². The molecule has 2 aromatic carbocycles. The second-order valence-electron chi connectivity index (χ2n) is 8.00. The van der Waals surface area contributed by atoms with E-state index >= 15 is 0 Å². The standard InChI is InChI=1S/C24H32N2O3/c1-17-9-10-22(13-18(17)2)28-12-11-24(27)25-23-8-6-5-7-21(23)16-26-14-19(3)29-20(4)15-26/h5-10,13,19-20H,11-12,14-16H2,1-4H3,(H,25,27). The van der Waals surface area contributed by atoms with E-state index in [1.54, 1.807) is 0 Å². The van der Waals surface area contributed by atoms with Crippen LogP contribution in [0.2, 0.25) is 0 Å². The van der Waals surface area contributed by atoms with Crippen molar-refractivity contribution in [3.63, 3.8) is 0 Å². The molecular formula is C24H32N2O3. The summed E-state index contributed by atoms with van der Waals surface area (Å²) in [6, 6.07) is 14.0. The zero-order valence-corrected chi connectivity index (χ0v) is 17.9. The van der Waals surface area contributed by atoms with E-state index in [-0.39, 0.29) is 18.1 Å². The van der Waals surface area contributed by atoms with Gasteiger partial charge in [-0.2, -0.15) is 0 Å². The number of carbonyl (C=O) groups excluding carboxylic acids is 1. The third-order valence-electron chi connectivity index (χ3n) is 5.26. The molecule has 0 bridgehead atoms. The van der Waals surface area contributed by atoms with Crippen LogP contribution >= 0.6 is 0 Å². The number of nitrogens with zero attached hydrogens (tertiary/aromatic N) is 1. The molecule has 1 amide bonds. The van der Waals surface area contributed by atoms with Gasteiger partial charge in [0.05, 0.1) is 25.2 Å². The molecule has 0 aliphatic carbocycles. The number of anilines is 1. The van der Waals surface area contributed by atoms with Crippen molar-refractivity contribution in [2.24, 2.45) is 0 Å². The SMILES string of the molecule is Cc1ccc(OCCC(=O)Nc2ccccc2CN2CC(C)OC(C)C2)cc1C. The Morgan fingerprint density at radius 2 is 1.83 bits per heavy atom. The van der Waals surface area contributed by atoms with Crippen molar-refractivity contribution in [2.45, 2.75) is 52.9 Å². The molecule has 5 nitrogen and oxygen atoms in total. The van der Waals surface area contributed by atoms with Gasteiger partial charge in [-0.25, -0.2) is 0 Å². The van der Waals surface area contributed by atoms with E-state index in [0.717, 1.165) is 36.6 Å². The van der Waals surface area contributed by atoms with Crippen molar-refractivity contribution in [1.82, 2.24) is 4.90 Å². The Hall–Kier alpha value is -2.37. The second-order valence-corrected chi connectivity index (χ2v) is 8.00. The lowest BCUT2D eigenvalue weighted by Crippen LogP contribution is -2.44. The van der Waals surface area contributed by atoms with Crippen molar-refractivity contribution in [1.29, 1.82) is 0 Å². The van der Waals surface area contributed by atoms with Gasteiger partial charge in [0.25, 0.3) is 0 Å². The van der Waals surface area contributed by atoms with Crippen LogP contribution in [-0.2, 0) is 16.1 Å². The summed E-state index contributed by atoms with van der Waals surface area (Å²) in [6.07, 6.45) is 0.762. The topological polar surface area (TPSA) is 50.8 Å². The van der Waals surface area contributed by atoms with Crippen LogP contribution in [-0.4, -0.2) is 42.7 Å². The molecule has 1 heterocycles. The first-order valence-electron chi connectivity index (χ1n) is 10.4. The quantitative estimate of drug-likeness (QED) is 0.757. The van der Waals surface area contributed by atoms with Gasteiger partial charge in [0.15, 0.2) is 0 Å². The lowest BCUT2D eigenvalue weighted by molar-refractivity contribution is -0.116. The Labute approximate surface area is 174 Å². The third kappa shape index (κ3) is 6.31. The minimum Gasteiger partial charge on any atom is -0.493 e. The largest absolute Gasteiger partial charge is 0.493 e. The molecule has 156 valence electrons. The Morgan fingerprint density at radius 3 is 2.55 bits per heavy atom. The molecule has 1 saturated heterocycles. The van der Waals surface area contributed by atoms with Crippen molar-refractivity contribution >= 4 is 11.6 Å². The summed E-state index contributed by atoms with van der Waals surface area (Å²) in [5.74, 6) is 0.766. The lowest BCUT2D eigenvalue weighted by Gasteiger charge is -2.35. The van der Waals surface area contributed by atoms with Crippen LogP contribution in [0, 0.1) is 13.8 Å². The third-order valence-corrected chi connectivity index (χ3v) is 5.26. The Balaban J connectivity index is 1.53. The minimum atomic E-state index is -0.0370. The first-order valence-corrected chi connectivity index (χ1v) is 10.4. The van der Waals surface area contributed by atoms with Gasteiger partial charge >= 0.3 is 0 Å². The summed E-state index contributed by atoms with van der Waals surface area (Å²) in [5, 5.41) is 3.05. The molecule has 2 atom stereocenters. The van der Waals surface area contributed by atoms with Crippen LogP contribution in [0.15, 0.2) is 42.5 Å². The highest BCUT2D eigenvalue weighted by Gasteiger charge is 2.22. The van der Waals surface area contributed by atoms with E-state index in [1.807, 2.05) is 36.4 Å². The summed E-state index contributed by atoms with van der Waals surface area (Å²) in [6.45, 7) is 11.3. The number of para-hydroxylation sites is 1. The van der Waals surface area contributed by atoms with Crippen LogP contribution in [0.4, 0.5) is 5.69 Å². The lowest BCUT2D eigenvalue weighted by atomic mass is 10.1. The Bertz CT molecular complexity index is 827. The average molecular weight is 397 g/mol. The number of hydrogen-bond donors (Lipinski definition) is 1. The fourth-order valence-electron chi connectivity index (χ4n) is 3.71. The van der Waals surface area contributed by atoms with Crippen molar-refractivity contribution < 1.29 is 14.3 Å². The molecule has 1 aliphatic heterocycles. The zero-order chi connectivity index (χ0) is 20.8. The monoisotopic (exact) mass is 396 g/mol. The molecule has 1 fully saturated rings. The molecule has 1 N–H and O–H groups in total. The van der Waals surface area contributed by atoms with Gasteiger partial charge in [-0.15, -0.1) is 0 Å². The van der Waals surface area contributed by atoms with Crippen LogP contribution in [0.1, 0.15) is 37.0 Å². The highest BCUT2D eigenvalue weighted by molar-refractivity contribution is 5.91. The number of aryl methyl sites for hydroxylation is 2. The molecule has 3 rings (SSSR count). The minimum absolute atomic E-state index is 0.0370. The molecule has 5 heteroatoms. The van der Waals surface area contributed by atoms with Crippen molar-refractivity contribution in [3.8, 4) is 5.75 Å². The normalized spacial score (nSPS) is 19.7. The summed E-state index contributed by atoms with van der Waals surface area (Å²) >= 11 is 0. The maximum atomic E-state index is 12.4. The summed E-state index contributed by atoms with van der Waals surface area (Å²) in [7, 11) is 0. The molecule has 2 aromatic rings. The molecule has 2 unspecified atom stereocenters. The molecule has 1 aliphatic rings. The molecule has 0 spiro atoms. The second kappa shape index (κ2) is 9.90. The number of hydrogen-bond acceptors (Lipinski definition) is 4. The van der Waals surface area contributed by atoms with E-state index in [9.17, 15) is 4.79 Å². The van der Waals surface area contributed by atoms with Gasteiger partial charge in [-0.3, -0.25) is 9.69 Å². The van der Waals surface area contributed by atoms with E-state index in [4.69, 9.17) is 9.47 Å². The van der Waals surface area contributed by atoms with E-state index in [2.05, 4.69) is 44.0 Å². The first-order chi connectivity index (χ1) is 13.9. The predicted molar refractivity (Wildman–Crippen MR) is 116 cm³/mol. The van der Waals surface area contributed by atoms with Crippen LogP contribution in [0.3, 0.4) is 0 Å². The van der Waals surface area contributed by atoms with Gasteiger partial charge < -0.3 is 14.8 Å². The molecule has 0 radical (unpaired) electrons. The number of rotatable bonds is 7. The van der Waals surface area contributed by atoms with Crippen LogP contribution < -0.4 is 10.1 Å². The fraction of sp³-hybridized carbons (Fsp3) is 0.458. The molecule has 29 heavy (non-hydrogen) atoms. The van der Waals surface area contributed by atoms with E-state index < -0.39 is 0 Å². The van der Waals surface area contributed by atoms with Gasteiger partial charge in [0.2, 0.25) is 5.91 Å². The Morgan fingerprint density at radius 1 is 1.10 bits per heavy atom. The maximum Gasteiger partial charge on any atom is 0.227 e. The molecule has 0 saturated carbocycles. The smallest absolute Gasteiger partial charge is 0.227 e. The van der Waals surface area contributed by atoms with Gasteiger partial charge in [-0.05, 0) is 62.6 Å². The fourth-order valence-corrected chi connectivity index (χ4v) is 3.71. The maximum absolute atomic E-state index is 12.4. The highest BCUT2D eigenvalue weighted by Crippen LogP contribution is 2.21. The molecular weight excluding hydrogens is 364 g/mol. The van der Waals surface area contributed by atoms with Crippen molar-refractivity contribution in [3.05, 3.63) is 59.2 Å². The van der Waals surface area contributed by atoms with Crippen molar-refractivity contribution in [2.75, 3.05) is 25.0 Å². The number of carbonyl (C=O) groups is 1. The number of ether oxygens (including phenoxy) is 2. The number of morpholine rings is 1. The first kappa shape index (κ1) is 21.3. The number of amides is 1. The summed E-state index contributed by atoms with van der Waals surface area (Å²) in [5.41, 5.74) is 4.41. The zero-order valence-electron chi connectivity index (χ0n) is 17.9. The average Bonchev–Trinajstić information content (AvgIpc) is 2.65. The molecule has 0 aromatic heterocycles. The number of nitrogens with one attached hydrogen (secondary N) is 1. The number of benzene rings is 2. The highest BCUT2D eigenvalue weighted by atomic mass is 16.5. The van der Waals surface area contributed by atoms with E-state index in [0.29, 0.717) is 13.0 Å². The van der Waals surface area contributed by atoms with Gasteiger partial charge in [0, 0.05) is 25.3 Å². The van der Waals surface area contributed by atoms with Crippen LogP contribution in [0.25, 0.3) is 0 Å². The van der Waals surface area contributed by atoms with Gasteiger partial charge in [0.1, 0.15) is 5.75 Å². The summed E-state index contributed by atoms with van der Waals surface area (Å²) in [4.78, 5) is 14.8. The Kier molecular flexibility index (Phi) is 7.29. The predicted octanol–water partition coefficient (Wildman–Crippen LogP) is 4.32. The van der Waals surface area contributed by atoms with Gasteiger partial charge in [-0.1, -0.05) is 24.3 Å². The van der Waals surface area contributed by atoms with Crippen LogP contribution in [0.5, 0.6) is 5.75 Å².